The Labute approximate surface area is 112 Å². The van der Waals surface area contributed by atoms with Gasteiger partial charge in [0.15, 0.2) is 0 Å². The van der Waals surface area contributed by atoms with Gasteiger partial charge in [0.2, 0.25) is 10.0 Å². The van der Waals surface area contributed by atoms with Gasteiger partial charge in [-0.25, -0.2) is 17.5 Å². The molecule has 2 heterocycles. The van der Waals surface area contributed by atoms with Crippen LogP contribution in [-0.4, -0.2) is 33.0 Å². The first-order valence-corrected chi connectivity index (χ1v) is 7.71. The van der Waals surface area contributed by atoms with Crippen molar-refractivity contribution in [1.29, 1.82) is 0 Å². The topological polar surface area (TPSA) is 71.1 Å². The van der Waals surface area contributed by atoms with Crippen LogP contribution >= 0.6 is 0 Å². The molecule has 0 aromatic carbocycles. The summed E-state index contributed by atoms with van der Waals surface area (Å²) < 4.78 is 39.6. The van der Waals surface area contributed by atoms with Crippen LogP contribution < -0.4 is 10.0 Å². The van der Waals surface area contributed by atoms with E-state index in [9.17, 15) is 12.8 Å². The number of nitrogens with zero attached hydrogens (tertiary/aromatic N) is 1. The van der Waals surface area contributed by atoms with Crippen LogP contribution in [0.5, 0.6) is 0 Å². The lowest BCUT2D eigenvalue weighted by atomic mass is 9.83. The van der Waals surface area contributed by atoms with E-state index in [0.717, 1.165) is 44.4 Å². The molecular weight excluding hydrogens is 269 g/mol. The van der Waals surface area contributed by atoms with Crippen LogP contribution in [0.3, 0.4) is 0 Å². The minimum absolute atomic E-state index is 0.105. The largest absolute Gasteiger partial charge is 0.316 e. The third-order valence-electron chi connectivity index (χ3n) is 3.36. The van der Waals surface area contributed by atoms with Gasteiger partial charge in [0, 0.05) is 19.3 Å². The zero-order valence-corrected chi connectivity index (χ0v) is 11.6. The van der Waals surface area contributed by atoms with Crippen LogP contribution in [0.2, 0.25) is 0 Å². The van der Waals surface area contributed by atoms with Gasteiger partial charge in [0.25, 0.3) is 0 Å². The van der Waals surface area contributed by atoms with Gasteiger partial charge in [-0.1, -0.05) is 6.92 Å². The fourth-order valence-electron chi connectivity index (χ4n) is 2.16. The van der Waals surface area contributed by atoms with E-state index in [4.69, 9.17) is 0 Å². The maximum atomic E-state index is 13.0. The van der Waals surface area contributed by atoms with Gasteiger partial charge in [-0.2, -0.15) is 0 Å². The second-order valence-electron chi connectivity index (χ2n) is 5.25. The Kier molecular flexibility index (Phi) is 4.17. The van der Waals surface area contributed by atoms with Crippen molar-refractivity contribution >= 4 is 10.0 Å². The number of hydrogen-bond donors (Lipinski definition) is 2. The highest BCUT2D eigenvalue weighted by Crippen LogP contribution is 2.24. The molecule has 1 aliphatic heterocycles. The fraction of sp³-hybridized carbons (Fsp3) is 0.583. The lowest BCUT2D eigenvalue weighted by Crippen LogP contribution is -2.45. The highest BCUT2D eigenvalue weighted by molar-refractivity contribution is 7.89. The van der Waals surface area contributed by atoms with E-state index in [0.29, 0.717) is 6.54 Å². The van der Waals surface area contributed by atoms with Crippen molar-refractivity contribution in [1.82, 2.24) is 15.0 Å². The van der Waals surface area contributed by atoms with E-state index in [1.165, 1.54) is 0 Å². The molecule has 1 fully saturated rings. The summed E-state index contributed by atoms with van der Waals surface area (Å²) >= 11 is 0. The number of hydrogen-bond acceptors (Lipinski definition) is 4. The normalized spacial score (nSPS) is 24.3. The van der Waals surface area contributed by atoms with Crippen LogP contribution in [0.4, 0.5) is 4.39 Å². The average molecular weight is 287 g/mol. The van der Waals surface area contributed by atoms with Gasteiger partial charge in [0.05, 0.1) is 6.20 Å². The predicted octanol–water partition coefficient (Wildman–Crippen LogP) is 0.889. The first-order chi connectivity index (χ1) is 8.91. The van der Waals surface area contributed by atoms with Gasteiger partial charge in [-0.3, -0.25) is 4.98 Å². The Balaban J connectivity index is 2.05. The van der Waals surface area contributed by atoms with Gasteiger partial charge >= 0.3 is 0 Å². The van der Waals surface area contributed by atoms with E-state index in [1.807, 2.05) is 6.92 Å². The van der Waals surface area contributed by atoms with Crippen molar-refractivity contribution in [2.45, 2.75) is 24.7 Å². The summed E-state index contributed by atoms with van der Waals surface area (Å²) in [6.45, 7) is 4.11. The molecule has 2 rings (SSSR count). The minimum atomic E-state index is -3.70. The predicted molar refractivity (Wildman–Crippen MR) is 69.6 cm³/mol. The van der Waals surface area contributed by atoms with Crippen molar-refractivity contribution in [2.75, 3.05) is 19.6 Å². The first-order valence-electron chi connectivity index (χ1n) is 6.22. The molecule has 1 atom stereocenters. The lowest BCUT2D eigenvalue weighted by molar-refractivity contribution is 0.238. The molecule has 1 aromatic rings. The molecule has 1 saturated heterocycles. The summed E-state index contributed by atoms with van der Waals surface area (Å²) in [5.74, 6) is -0.659. The molecule has 1 aliphatic rings. The van der Waals surface area contributed by atoms with Crippen molar-refractivity contribution < 1.29 is 12.8 Å². The summed E-state index contributed by atoms with van der Waals surface area (Å²) in [7, 11) is -3.70. The van der Waals surface area contributed by atoms with E-state index < -0.39 is 15.8 Å². The van der Waals surface area contributed by atoms with Crippen LogP contribution in [0.1, 0.15) is 19.8 Å². The smallest absolute Gasteiger partial charge is 0.242 e. The lowest BCUT2D eigenvalue weighted by Gasteiger charge is -2.34. The molecule has 0 bridgehead atoms. The molecule has 0 aliphatic carbocycles. The monoisotopic (exact) mass is 287 g/mol. The summed E-state index contributed by atoms with van der Waals surface area (Å²) in [4.78, 5) is 3.42. The van der Waals surface area contributed by atoms with E-state index in [2.05, 4.69) is 15.0 Å². The highest BCUT2D eigenvalue weighted by Gasteiger charge is 2.28. The van der Waals surface area contributed by atoms with Gasteiger partial charge in [0.1, 0.15) is 10.7 Å². The molecule has 7 heteroatoms. The minimum Gasteiger partial charge on any atom is -0.316 e. The highest BCUT2D eigenvalue weighted by atomic mass is 32.2. The molecule has 0 saturated carbocycles. The van der Waals surface area contributed by atoms with Crippen LogP contribution in [-0.2, 0) is 10.0 Å². The molecular formula is C12H18FN3O2S. The second-order valence-corrected chi connectivity index (χ2v) is 7.02. The van der Waals surface area contributed by atoms with Gasteiger partial charge in [-0.05, 0) is 30.9 Å². The Morgan fingerprint density at radius 2 is 2.32 bits per heavy atom. The van der Waals surface area contributed by atoms with E-state index >= 15 is 0 Å². The number of aromatic nitrogens is 1. The Morgan fingerprint density at radius 3 is 2.95 bits per heavy atom. The zero-order valence-electron chi connectivity index (χ0n) is 10.8. The Hall–Kier alpha value is -1.05. The Bertz CT molecular complexity index is 542. The van der Waals surface area contributed by atoms with Crippen LogP contribution in [0, 0.1) is 11.2 Å². The number of rotatable bonds is 4. The number of nitrogens with one attached hydrogen (secondary N) is 2. The average Bonchev–Trinajstić information content (AvgIpc) is 2.38. The first kappa shape index (κ1) is 14.4. The third kappa shape index (κ3) is 3.71. The fourth-order valence-corrected chi connectivity index (χ4v) is 3.33. The van der Waals surface area contributed by atoms with E-state index in [1.54, 1.807) is 0 Å². The molecule has 5 nitrogen and oxygen atoms in total. The Morgan fingerprint density at radius 1 is 1.53 bits per heavy atom. The van der Waals surface area contributed by atoms with Crippen LogP contribution in [0.15, 0.2) is 23.4 Å². The van der Waals surface area contributed by atoms with Crippen LogP contribution in [0.25, 0.3) is 0 Å². The van der Waals surface area contributed by atoms with Crippen molar-refractivity contribution in [3.05, 3.63) is 24.3 Å². The molecule has 0 spiro atoms. The van der Waals surface area contributed by atoms with Crippen molar-refractivity contribution in [3.63, 3.8) is 0 Å². The summed E-state index contributed by atoms with van der Waals surface area (Å²) in [6.07, 6.45) is 4.11. The molecule has 1 aromatic heterocycles. The molecule has 0 amide bonds. The molecule has 106 valence electrons. The summed E-state index contributed by atoms with van der Waals surface area (Å²) in [5, 5.41) is 3.25. The quantitative estimate of drug-likeness (QED) is 0.863. The SMILES string of the molecule is CC1(CNS(=O)(=O)c2cncc(F)c2)CCCNC1. The van der Waals surface area contributed by atoms with Crippen molar-refractivity contribution in [3.8, 4) is 0 Å². The van der Waals surface area contributed by atoms with E-state index in [-0.39, 0.29) is 10.3 Å². The van der Waals surface area contributed by atoms with Gasteiger partial charge in [-0.15, -0.1) is 0 Å². The molecule has 1 unspecified atom stereocenters. The summed E-state index contributed by atoms with van der Waals surface area (Å²) in [5.41, 5.74) is -0.105. The molecule has 19 heavy (non-hydrogen) atoms. The standard InChI is InChI=1S/C12H18FN3O2S/c1-12(3-2-4-14-8-12)9-16-19(17,18)11-5-10(13)6-15-7-11/h5-7,14,16H,2-4,8-9H2,1H3. The number of pyridine rings is 1. The molecule has 2 N–H and O–H groups in total. The second kappa shape index (κ2) is 5.52. The van der Waals surface area contributed by atoms with Gasteiger partial charge < -0.3 is 5.32 Å². The number of piperidine rings is 1. The number of sulfonamides is 1. The maximum Gasteiger partial charge on any atom is 0.242 e. The third-order valence-corrected chi connectivity index (χ3v) is 4.73. The van der Waals surface area contributed by atoms with Crippen molar-refractivity contribution in [2.24, 2.45) is 5.41 Å². The summed E-state index contributed by atoms with van der Waals surface area (Å²) in [6, 6.07) is 0.969. The zero-order chi connectivity index (χ0) is 13.9. The maximum absolute atomic E-state index is 13.0. The molecule has 0 radical (unpaired) electrons. The number of halogens is 1.